The average Bonchev–Trinajstić information content (AvgIpc) is 3.09. The van der Waals surface area contributed by atoms with Crippen molar-refractivity contribution in [3.63, 3.8) is 0 Å². The third kappa shape index (κ3) is 2.55. The molecule has 0 fully saturated rings. The van der Waals surface area contributed by atoms with E-state index in [4.69, 9.17) is 25.9 Å². The lowest BCUT2D eigenvalue weighted by Gasteiger charge is -2.21. The van der Waals surface area contributed by atoms with E-state index in [0.29, 0.717) is 6.54 Å². The molecule has 0 saturated heterocycles. The molecule has 6 nitrogen and oxygen atoms in total. The SMILES string of the molecule is CC(C)(N)Cn1c(-c2ccc(N)cc2)nc2cc3c(cc21)OCO3. The topological polar surface area (TPSA) is 88.3 Å². The molecule has 24 heavy (non-hydrogen) atoms. The quantitative estimate of drug-likeness (QED) is 0.723. The number of imidazole rings is 1. The zero-order chi connectivity index (χ0) is 16.9. The van der Waals surface area contributed by atoms with Gasteiger partial charge in [-0.2, -0.15) is 0 Å². The van der Waals surface area contributed by atoms with Crippen molar-refractivity contribution in [3.05, 3.63) is 36.4 Å². The standard InChI is InChI=1S/C18H20N4O2/c1-18(2,20)9-22-14-8-16-15(23-10-24-16)7-13(14)21-17(22)11-3-5-12(19)6-4-11/h3-8H,9-10,19-20H2,1-2H3. The van der Waals surface area contributed by atoms with E-state index in [0.717, 1.165) is 39.6 Å². The van der Waals surface area contributed by atoms with Gasteiger partial charge in [-0.1, -0.05) is 0 Å². The first-order valence-electron chi connectivity index (χ1n) is 7.85. The van der Waals surface area contributed by atoms with Gasteiger partial charge in [0, 0.05) is 35.5 Å². The molecule has 4 N–H and O–H groups in total. The van der Waals surface area contributed by atoms with E-state index < -0.39 is 0 Å². The van der Waals surface area contributed by atoms with Crippen molar-refractivity contribution in [3.8, 4) is 22.9 Å². The van der Waals surface area contributed by atoms with Crippen molar-refractivity contribution >= 4 is 16.7 Å². The van der Waals surface area contributed by atoms with Gasteiger partial charge in [-0.05, 0) is 38.1 Å². The van der Waals surface area contributed by atoms with E-state index in [-0.39, 0.29) is 12.3 Å². The summed E-state index contributed by atoms with van der Waals surface area (Å²) in [6.45, 7) is 4.87. The third-order valence-electron chi connectivity index (χ3n) is 3.98. The minimum Gasteiger partial charge on any atom is -0.454 e. The van der Waals surface area contributed by atoms with Crippen LogP contribution in [0.1, 0.15) is 13.8 Å². The maximum Gasteiger partial charge on any atom is 0.231 e. The molecule has 1 aromatic heterocycles. The van der Waals surface area contributed by atoms with Crippen molar-refractivity contribution in [1.82, 2.24) is 9.55 Å². The molecule has 3 aromatic rings. The van der Waals surface area contributed by atoms with Crippen LogP contribution in [0.3, 0.4) is 0 Å². The Morgan fingerprint density at radius 1 is 1.12 bits per heavy atom. The van der Waals surface area contributed by atoms with Gasteiger partial charge in [0.05, 0.1) is 11.0 Å². The molecular weight excluding hydrogens is 304 g/mol. The molecule has 0 spiro atoms. The van der Waals surface area contributed by atoms with Crippen molar-refractivity contribution in [2.24, 2.45) is 5.73 Å². The number of anilines is 1. The first-order chi connectivity index (χ1) is 11.4. The first-order valence-corrected chi connectivity index (χ1v) is 7.85. The predicted molar refractivity (Wildman–Crippen MR) is 94.0 cm³/mol. The highest BCUT2D eigenvalue weighted by molar-refractivity contribution is 5.84. The van der Waals surface area contributed by atoms with Crippen LogP contribution in [-0.2, 0) is 6.54 Å². The van der Waals surface area contributed by atoms with Gasteiger partial charge in [0.1, 0.15) is 5.82 Å². The lowest BCUT2D eigenvalue weighted by molar-refractivity contribution is 0.174. The Bertz CT molecular complexity index is 907. The number of rotatable bonds is 3. The van der Waals surface area contributed by atoms with Gasteiger partial charge in [0.2, 0.25) is 6.79 Å². The summed E-state index contributed by atoms with van der Waals surface area (Å²) in [6, 6.07) is 11.6. The van der Waals surface area contributed by atoms with Gasteiger partial charge in [0.25, 0.3) is 0 Å². The average molecular weight is 324 g/mol. The highest BCUT2D eigenvalue weighted by Crippen LogP contribution is 2.38. The Morgan fingerprint density at radius 2 is 1.79 bits per heavy atom. The molecule has 0 radical (unpaired) electrons. The molecule has 0 aliphatic carbocycles. The number of nitrogen functional groups attached to an aromatic ring is 1. The van der Waals surface area contributed by atoms with Gasteiger partial charge in [-0.25, -0.2) is 4.98 Å². The highest BCUT2D eigenvalue weighted by atomic mass is 16.7. The van der Waals surface area contributed by atoms with Crippen LogP contribution in [0, 0.1) is 0 Å². The maximum atomic E-state index is 6.28. The molecule has 0 unspecified atom stereocenters. The summed E-state index contributed by atoms with van der Waals surface area (Å²) in [7, 11) is 0. The number of benzene rings is 2. The van der Waals surface area contributed by atoms with Crippen LogP contribution in [0.4, 0.5) is 5.69 Å². The van der Waals surface area contributed by atoms with Crippen LogP contribution < -0.4 is 20.9 Å². The summed E-state index contributed by atoms with van der Waals surface area (Å²) in [5.74, 6) is 2.32. The smallest absolute Gasteiger partial charge is 0.231 e. The van der Waals surface area contributed by atoms with Crippen LogP contribution in [0.2, 0.25) is 0 Å². The number of aromatic nitrogens is 2. The third-order valence-corrected chi connectivity index (χ3v) is 3.98. The minimum atomic E-state index is -0.382. The molecule has 0 atom stereocenters. The Kier molecular flexibility index (Phi) is 3.18. The van der Waals surface area contributed by atoms with Crippen LogP contribution in [0.5, 0.6) is 11.5 Å². The van der Waals surface area contributed by atoms with E-state index in [9.17, 15) is 0 Å². The molecule has 0 saturated carbocycles. The lowest BCUT2D eigenvalue weighted by Crippen LogP contribution is -2.37. The second-order valence-electron chi connectivity index (χ2n) is 6.83. The van der Waals surface area contributed by atoms with E-state index in [2.05, 4.69) is 4.57 Å². The summed E-state index contributed by atoms with van der Waals surface area (Å²) >= 11 is 0. The number of hydrogen-bond acceptors (Lipinski definition) is 5. The van der Waals surface area contributed by atoms with Gasteiger partial charge in [0.15, 0.2) is 11.5 Å². The van der Waals surface area contributed by atoms with E-state index in [1.165, 1.54) is 0 Å². The summed E-state index contributed by atoms with van der Waals surface area (Å²) in [5.41, 5.74) is 15.2. The molecule has 0 amide bonds. The summed E-state index contributed by atoms with van der Waals surface area (Å²) in [6.07, 6.45) is 0. The second-order valence-corrected chi connectivity index (χ2v) is 6.83. The first kappa shape index (κ1) is 14.8. The molecule has 124 valence electrons. The molecule has 1 aliphatic rings. The van der Waals surface area contributed by atoms with Crippen molar-refractivity contribution in [1.29, 1.82) is 0 Å². The number of hydrogen-bond donors (Lipinski definition) is 2. The Balaban J connectivity index is 1.94. The molecule has 2 aromatic carbocycles. The summed E-state index contributed by atoms with van der Waals surface area (Å²) < 4.78 is 13.1. The number of fused-ring (bicyclic) bond motifs is 2. The van der Waals surface area contributed by atoms with Crippen LogP contribution in [-0.4, -0.2) is 21.9 Å². The Labute approximate surface area is 140 Å². The maximum absolute atomic E-state index is 6.28. The van der Waals surface area contributed by atoms with Crippen molar-refractivity contribution in [2.75, 3.05) is 12.5 Å². The summed E-state index contributed by atoms with van der Waals surface area (Å²) in [4.78, 5) is 4.81. The zero-order valence-corrected chi connectivity index (χ0v) is 13.7. The number of nitrogens with zero attached hydrogens (tertiary/aromatic N) is 2. The fourth-order valence-corrected chi connectivity index (χ4v) is 2.93. The van der Waals surface area contributed by atoms with Crippen molar-refractivity contribution < 1.29 is 9.47 Å². The highest BCUT2D eigenvalue weighted by Gasteiger charge is 2.22. The Hall–Kier alpha value is -2.73. The van der Waals surface area contributed by atoms with Crippen LogP contribution >= 0.6 is 0 Å². The van der Waals surface area contributed by atoms with E-state index in [1.807, 2.05) is 50.2 Å². The lowest BCUT2D eigenvalue weighted by atomic mass is 10.1. The largest absolute Gasteiger partial charge is 0.454 e. The number of ether oxygens (including phenoxy) is 2. The molecular formula is C18H20N4O2. The number of nitrogens with two attached hydrogens (primary N) is 2. The van der Waals surface area contributed by atoms with Crippen molar-refractivity contribution in [2.45, 2.75) is 25.9 Å². The fourth-order valence-electron chi connectivity index (χ4n) is 2.93. The van der Waals surface area contributed by atoms with Gasteiger partial charge < -0.3 is 25.5 Å². The van der Waals surface area contributed by atoms with Crippen LogP contribution in [0.25, 0.3) is 22.4 Å². The summed E-state index contributed by atoms with van der Waals surface area (Å²) in [5, 5.41) is 0. The Morgan fingerprint density at radius 3 is 2.46 bits per heavy atom. The fraction of sp³-hybridized carbons (Fsp3) is 0.278. The monoisotopic (exact) mass is 324 g/mol. The van der Waals surface area contributed by atoms with Gasteiger partial charge >= 0.3 is 0 Å². The predicted octanol–water partition coefficient (Wildman–Crippen LogP) is 2.75. The minimum absolute atomic E-state index is 0.245. The molecule has 2 heterocycles. The molecule has 0 bridgehead atoms. The van der Waals surface area contributed by atoms with Gasteiger partial charge in [-0.15, -0.1) is 0 Å². The van der Waals surface area contributed by atoms with E-state index in [1.54, 1.807) is 0 Å². The second kappa shape index (κ2) is 5.14. The van der Waals surface area contributed by atoms with E-state index >= 15 is 0 Å². The van der Waals surface area contributed by atoms with Gasteiger partial charge in [-0.3, -0.25) is 0 Å². The molecule has 4 rings (SSSR count). The normalized spacial score (nSPS) is 13.6. The zero-order valence-electron chi connectivity index (χ0n) is 13.7. The van der Waals surface area contributed by atoms with Crippen LogP contribution in [0.15, 0.2) is 36.4 Å². The molecule has 1 aliphatic heterocycles. The molecule has 6 heteroatoms.